The molecule has 1 N–H and O–H groups in total. The van der Waals surface area contributed by atoms with E-state index < -0.39 is 0 Å². The van der Waals surface area contributed by atoms with E-state index in [4.69, 9.17) is 0 Å². The van der Waals surface area contributed by atoms with Gasteiger partial charge in [-0.3, -0.25) is 4.79 Å². The topological polar surface area (TPSA) is 36.1 Å². The van der Waals surface area contributed by atoms with E-state index in [0.29, 0.717) is 5.92 Å². The molecular weight excluding hydrogens is 188 g/mol. The van der Waals surface area contributed by atoms with Gasteiger partial charge in [0.2, 0.25) is 0 Å². The predicted molar refractivity (Wildman–Crippen MR) is 61.2 cm³/mol. The molecule has 1 aliphatic heterocycles. The standard InChI is InChI=1S/C12H18N2O/c1-8(2)10-6-9-7-14(3)5-4-11(9)13-12(10)15/h6,8H,4-5,7H2,1-3H3,(H,13,15). The summed E-state index contributed by atoms with van der Waals surface area (Å²) in [4.78, 5) is 17.0. The predicted octanol–water partition coefficient (Wildman–Crippen LogP) is 1.49. The largest absolute Gasteiger partial charge is 0.326 e. The van der Waals surface area contributed by atoms with Gasteiger partial charge in [0.1, 0.15) is 0 Å². The SMILES string of the molecule is CC(C)c1cc2c([nH]c1=O)CCN(C)C2. The summed E-state index contributed by atoms with van der Waals surface area (Å²) in [7, 11) is 2.11. The molecule has 1 aliphatic rings. The number of fused-ring (bicyclic) bond motifs is 1. The van der Waals surface area contributed by atoms with Gasteiger partial charge in [0.05, 0.1) is 0 Å². The van der Waals surface area contributed by atoms with Crippen molar-refractivity contribution < 1.29 is 0 Å². The van der Waals surface area contributed by atoms with Crippen molar-refractivity contribution in [2.45, 2.75) is 32.7 Å². The quantitative estimate of drug-likeness (QED) is 0.755. The summed E-state index contributed by atoms with van der Waals surface area (Å²) in [5, 5.41) is 0. The van der Waals surface area contributed by atoms with Crippen molar-refractivity contribution >= 4 is 0 Å². The lowest BCUT2D eigenvalue weighted by molar-refractivity contribution is 0.309. The molecule has 2 rings (SSSR count). The number of aromatic nitrogens is 1. The van der Waals surface area contributed by atoms with E-state index >= 15 is 0 Å². The molecule has 0 saturated carbocycles. The molecule has 3 heteroatoms. The minimum atomic E-state index is 0.0910. The molecule has 1 aromatic rings. The van der Waals surface area contributed by atoms with Crippen molar-refractivity contribution in [3.05, 3.63) is 33.2 Å². The summed E-state index contributed by atoms with van der Waals surface area (Å²) in [6.07, 6.45) is 0.958. The highest BCUT2D eigenvalue weighted by Crippen LogP contribution is 2.18. The van der Waals surface area contributed by atoms with Crippen molar-refractivity contribution in [3.63, 3.8) is 0 Å². The van der Waals surface area contributed by atoms with Crippen LogP contribution in [0.15, 0.2) is 10.9 Å². The average Bonchev–Trinajstić information content (AvgIpc) is 2.17. The van der Waals surface area contributed by atoms with E-state index in [0.717, 1.165) is 30.8 Å². The van der Waals surface area contributed by atoms with Gasteiger partial charge in [-0.05, 0) is 24.6 Å². The minimum Gasteiger partial charge on any atom is -0.326 e. The lowest BCUT2D eigenvalue weighted by Crippen LogP contribution is -2.30. The molecule has 0 bridgehead atoms. The van der Waals surface area contributed by atoms with Gasteiger partial charge in [-0.25, -0.2) is 0 Å². The van der Waals surface area contributed by atoms with E-state index in [9.17, 15) is 4.79 Å². The average molecular weight is 206 g/mol. The molecule has 1 aromatic heterocycles. The third-order valence-corrected chi connectivity index (χ3v) is 3.05. The normalized spacial score (nSPS) is 16.8. The monoisotopic (exact) mass is 206 g/mol. The molecule has 0 amide bonds. The van der Waals surface area contributed by atoms with Gasteiger partial charge in [0, 0.05) is 30.8 Å². The van der Waals surface area contributed by atoms with E-state index in [1.807, 2.05) is 0 Å². The summed E-state index contributed by atoms with van der Waals surface area (Å²) in [5.41, 5.74) is 3.41. The van der Waals surface area contributed by atoms with Crippen LogP contribution in [-0.4, -0.2) is 23.5 Å². The molecule has 15 heavy (non-hydrogen) atoms. The number of H-pyrrole nitrogens is 1. The van der Waals surface area contributed by atoms with Crippen LogP contribution in [0, 0.1) is 0 Å². The maximum Gasteiger partial charge on any atom is 0.251 e. The van der Waals surface area contributed by atoms with Crippen LogP contribution in [0.3, 0.4) is 0 Å². The summed E-state index contributed by atoms with van der Waals surface area (Å²) in [5.74, 6) is 0.297. The molecule has 0 aromatic carbocycles. The van der Waals surface area contributed by atoms with E-state index in [1.54, 1.807) is 0 Å². The van der Waals surface area contributed by atoms with Gasteiger partial charge in [0.15, 0.2) is 0 Å². The van der Waals surface area contributed by atoms with Crippen LogP contribution in [0.4, 0.5) is 0 Å². The molecule has 0 spiro atoms. The number of rotatable bonds is 1. The number of hydrogen-bond acceptors (Lipinski definition) is 2. The second-order valence-electron chi connectivity index (χ2n) is 4.70. The highest BCUT2D eigenvalue weighted by Gasteiger charge is 2.16. The molecule has 0 unspecified atom stereocenters. The van der Waals surface area contributed by atoms with Crippen molar-refractivity contribution in [3.8, 4) is 0 Å². The van der Waals surface area contributed by atoms with Crippen LogP contribution in [0.25, 0.3) is 0 Å². The van der Waals surface area contributed by atoms with Gasteiger partial charge in [-0.2, -0.15) is 0 Å². The lowest BCUT2D eigenvalue weighted by atomic mass is 9.99. The summed E-state index contributed by atoms with van der Waals surface area (Å²) in [6.45, 7) is 6.10. The Bertz CT molecular complexity index is 420. The first kappa shape index (κ1) is 10.4. The van der Waals surface area contributed by atoms with Crippen molar-refractivity contribution in [1.82, 2.24) is 9.88 Å². The van der Waals surface area contributed by atoms with Crippen LogP contribution in [0.5, 0.6) is 0 Å². The highest BCUT2D eigenvalue weighted by molar-refractivity contribution is 5.28. The van der Waals surface area contributed by atoms with Gasteiger partial charge in [-0.1, -0.05) is 13.8 Å². The van der Waals surface area contributed by atoms with E-state index in [1.165, 1.54) is 5.56 Å². The lowest BCUT2D eigenvalue weighted by Gasteiger charge is -2.25. The smallest absolute Gasteiger partial charge is 0.251 e. The molecule has 0 saturated heterocycles. The first-order valence-electron chi connectivity index (χ1n) is 5.51. The third-order valence-electron chi connectivity index (χ3n) is 3.05. The molecular formula is C12H18N2O. The fourth-order valence-electron chi connectivity index (χ4n) is 2.10. The Labute approximate surface area is 90.1 Å². The van der Waals surface area contributed by atoms with Gasteiger partial charge in [0.25, 0.3) is 5.56 Å². The highest BCUT2D eigenvalue weighted by atomic mass is 16.1. The number of hydrogen-bond donors (Lipinski definition) is 1. The van der Waals surface area contributed by atoms with Crippen LogP contribution >= 0.6 is 0 Å². The zero-order valence-electron chi connectivity index (χ0n) is 9.63. The van der Waals surface area contributed by atoms with Crippen molar-refractivity contribution in [1.29, 1.82) is 0 Å². The number of nitrogens with zero attached hydrogens (tertiary/aromatic N) is 1. The van der Waals surface area contributed by atoms with Crippen LogP contribution in [-0.2, 0) is 13.0 Å². The number of likely N-dealkylation sites (N-methyl/N-ethyl adjacent to an activating group) is 1. The van der Waals surface area contributed by atoms with E-state index in [2.05, 4.69) is 36.8 Å². The summed E-state index contributed by atoms with van der Waals surface area (Å²) < 4.78 is 0. The third kappa shape index (κ3) is 1.97. The Balaban J connectivity index is 2.47. The zero-order valence-corrected chi connectivity index (χ0v) is 9.63. The maximum absolute atomic E-state index is 11.7. The number of pyridine rings is 1. The van der Waals surface area contributed by atoms with Crippen molar-refractivity contribution in [2.75, 3.05) is 13.6 Å². The molecule has 0 fully saturated rings. The van der Waals surface area contributed by atoms with Gasteiger partial charge >= 0.3 is 0 Å². The van der Waals surface area contributed by atoms with Crippen LogP contribution in [0.1, 0.15) is 36.6 Å². The first-order valence-corrected chi connectivity index (χ1v) is 5.51. The summed E-state index contributed by atoms with van der Waals surface area (Å²) >= 11 is 0. The number of nitrogens with one attached hydrogen (secondary N) is 1. The molecule has 3 nitrogen and oxygen atoms in total. The minimum absolute atomic E-state index is 0.0910. The first-order chi connectivity index (χ1) is 7.08. The van der Waals surface area contributed by atoms with E-state index in [-0.39, 0.29) is 5.56 Å². The Morgan fingerprint density at radius 2 is 2.20 bits per heavy atom. The Morgan fingerprint density at radius 3 is 2.87 bits per heavy atom. The molecule has 0 aliphatic carbocycles. The maximum atomic E-state index is 11.7. The second kappa shape index (κ2) is 3.81. The Hall–Kier alpha value is -1.09. The fourth-order valence-corrected chi connectivity index (χ4v) is 2.10. The van der Waals surface area contributed by atoms with Crippen molar-refractivity contribution in [2.24, 2.45) is 0 Å². The second-order valence-corrected chi connectivity index (χ2v) is 4.70. The van der Waals surface area contributed by atoms with Gasteiger partial charge in [-0.15, -0.1) is 0 Å². The number of aromatic amines is 1. The zero-order chi connectivity index (χ0) is 11.0. The Morgan fingerprint density at radius 1 is 1.47 bits per heavy atom. The fraction of sp³-hybridized carbons (Fsp3) is 0.583. The molecule has 0 atom stereocenters. The van der Waals surface area contributed by atoms with Crippen LogP contribution in [0.2, 0.25) is 0 Å². The molecule has 0 radical (unpaired) electrons. The Kier molecular flexibility index (Phi) is 2.65. The summed E-state index contributed by atoms with van der Waals surface area (Å²) in [6, 6.07) is 2.08. The molecule has 2 heterocycles. The van der Waals surface area contributed by atoms with Gasteiger partial charge < -0.3 is 9.88 Å². The van der Waals surface area contributed by atoms with Crippen LogP contribution < -0.4 is 5.56 Å². The molecule has 82 valence electrons.